The molecule has 0 saturated carbocycles. The topological polar surface area (TPSA) is 144 Å². The van der Waals surface area contributed by atoms with Crippen molar-refractivity contribution in [3.8, 4) is 11.5 Å². The fourth-order valence-corrected chi connectivity index (χ4v) is 7.55. The molecule has 50 heavy (non-hydrogen) atoms. The second kappa shape index (κ2) is 14.6. The monoisotopic (exact) mass is 680 g/mol. The molecule has 3 aromatic carbocycles. The maximum Gasteiger partial charge on any atom is 0.320 e. The number of pyridine rings is 1. The number of esters is 1. The van der Waals surface area contributed by atoms with Crippen LogP contribution in [0.1, 0.15) is 53.3 Å². The first-order chi connectivity index (χ1) is 24.3. The number of carbonyl (C=O) groups is 2. The van der Waals surface area contributed by atoms with E-state index in [2.05, 4.69) is 15.2 Å². The number of aromatic amines is 1. The molecule has 2 unspecified atom stereocenters. The van der Waals surface area contributed by atoms with E-state index in [0.717, 1.165) is 50.9 Å². The summed E-state index contributed by atoms with van der Waals surface area (Å²) in [7, 11) is 0. The lowest BCUT2D eigenvalue weighted by Gasteiger charge is -2.50. The van der Waals surface area contributed by atoms with Crippen LogP contribution in [0.5, 0.6) is 11.5 Å². The number of amides is 1. The zero-order chi connectivity index (χ0) is 34.7. The second-order valence-electron chi connectivity index (χ2n) is 13.8. The molecule has 4 aliphatic rings. The maximum absolute atomic E-state index is 13.7. The van der Waals surface area contributed by atoms with Crippen LogP contribution in [0.15, 0.2) is 83.7 Å². The normalized spacial score (nSPS) is 21.4. The van der Waals surface area contributed by atoms with Crippen molar-refractivity contribution in [1.82, 2.24) is 20.1 Å². The number of phenols is 1. The Morgan fingerprint density at radius 1 is 0.960 bits per heavy atom. The fraction of sp³-hybridized carbons (Fsp3) is 0.410. The van der Waals surface area contributed by atoms with Crippen LogP contribution in [0.4, 0.5) is 0 Å². The standard InChI is InChI=1S/C39H44N4O7/c44-32-14-12-30(31-13-15-35(46)41-36(31)32)33(45)22-40-18-4-5-21-49-29-10-8-27(9-11-29)37(47)43-24-39(25-43,28-6-2-1-3-7-28)38(48)50-34-23-42-19-16-26(34)17-20-42/h1-3,6-15,26,33-34,40,44-45H,4-5,16-25H2,(H,41,46). The lowest BCUT2D eigenvalue weighted by atomic mass is 9.73. The highest BCUT2D eigenvalue weighted by molar-refractivity contribution is 5.98. The van der Waals surface area contributed by atoms with Gasteiger partial charge in [0, 0.05) is 43.2 Å². The molecule has 4 N–H and O–H groups in total. The third-order valence-corrected chi connectivity index (χ3v) is 10.5. The number of aliphatic hydroxyl groups is 1. The number of carbonyl (C=O) groups excluding carboxylic acids is 2. The van der Waals surface area contributed by atoms with Crippen molar-refractivity contribution in [3.05, 3.63) is 106 Å². The molecule has 0 radical (unpaired) electrons. The average Bonchev–Trinajstić information content (AvgIpc) is 3.12. The van der Waals surface area contributed by atoms with E-state index in [-0.39, 0.29) is 42.4 Å². The number of hydrogen-bond acceptors (Lipinski definition) is 9. The molecule has 4 saturated heterocycles. The lowest BCUT2D eigenvalue weighted by molar-refractivity contribution is -0.171. The number of unbranched alkanes of at least 4 members (excludes halogenated alkanes) is 1. The number of fused-ring (bicyclic) bond motifs is 4. The number of rotatable bonds is 13. The minimum absolute atomic E-state index is 0.0395. The van der Waals surface area contributed by atoms with Crippen LogP contribution < -0.4 is 15.6 Å². The Hall–Kier alpha value is -4.71. The first kappa shape index (κ1) is 33.8. The molecule has 5 heterocycles. The van der Waals surface area contributed by atoms with Gasteiger partial charge in [0.25, 0.3) is 5.91 Å². The molecule has 8 rings (SSSR count). The highest BCUT2D eigenvalue weighted by Crippen LogP contribution is 2.39. The van der Waals surface area contributed by atoms with E-state index in [1.54, 1.807) is 41.3 Å². The molecular formula is C39H44N4O7. The van der Waals surface area contributed by atoms with Crippen LogP contribution in [0.3, 0.4) is 0 Å². The van der Waals surface area contributed by atoms with Gasteiger partial charge in [0.2, 0.25) is 5.56 Å². The van der Waals surface area contributed by atoms with Gasteiger partial charge in [-0.2, -0.15) is 0 Å². The first-order valence-electron chi connectivity index (χ1n) is 17.6. The van der Waals surface area contributed by atoms with Crippen molar-refractivity contribution in [2.24, 2.45) is 5.92 Å². The number of ether oxygens (including phenoxy) is 2. The Morgan fingerprint density at radius 2 is 1.72 bits per heavy atom. The van der Waals surface area contributed by atoms with Crippen LogP contribution in [0, 0.1) is 5.92 Å². The molecule has 0 spiro atoms. The highest BCUT2D eigenvalue weighted by atomic mass is 16.5. The highest BCUT2D eigenvalue weighted by Gasteiger charge is 2.54. The van der Waals surface area contributed by atoms with E-state index < -0.39 is 11.5 Å². The van der Waals surface area contributed by atoms with E-state index in [1.165, 1.54) is 12.1 Å². The third kappa shape index (κ3) is 6.98. The largest absolute Gasteiger partial charge is 0.506 e. The molecule has 2 bridgehead atoms. The number of hydrogen-bond donors (Lipinski definition) is 4. The number of piperidine rings is 3. The van der Waals surface area contributed by atoms with Gasteiger partial charge in [0.05, 0.1) is 18.2 Å². The Kier molecular flexibility index (Phi) is 9.89. The van der Waals surface area contributed by atoms with Gasteiger partial charge in [0.15, 0.2) is 0 Å². The quantitative estimate of drug-likeness (QED) is 0.123. The Balaban J connectivity index is 0.856. The van der Waals surface area contributed by atoms with Gasteiger partial charge in [-0.1, -0.05) is 36.4 Å². The predicted molar refractivity (Wildman–Crippen MR) is 188 cm³/mol. The summed E-state index contributed by atoms with van der Waals surface area (Å²) in [5.41, 5.74) is 1.18. The number of nitrogens with zero attached hydrogens (tertiary/aromatic N) is 2. The zero-order valence-corrected chi connectivity index (χ0v) is 28.1. The lowest BCUT2D eigenvalue weighted by Crippen LogP contribution is -2.66. The molecule has 2 atom stereocenters. The van der Waals surface area contributed by atoms with E-state index in [0.29, 0.717) is 53.4 Å². The minimum atomic E-state index is -0.861. The van der Waals surface area contributed by atoms with Crippen molar-refractivity contribution < 1.29 is 29.3 Å². The summed E-state index contributed by atoms with van der Waals surface area (Å²) in [6.45, 7) is 5.01. The van der Waals surface area contributed by atoms with Gasteiger partial charge in [-0.15, -0.1) is 0 Å². The number of H-pyrrole nitrogens is 1. The number of aromatic hydroxyl groups is 1. The van der Waals surface area contributed by atoms with E-state index in [1.807, 2.05) is 30.3 Å². The van der Waals surface area contributed by atoms with E-state index in [4.69, 9.17) is 9.47 Å². The Bertz CT molecular complexity index is 1870. The number of likely N-dealkylation sites (tertiary alicyclic amines) is 1. The number of nitrogens with one attached hydrogen (secondary N) is 2. The van der Waals surface area contributed by atoms with Crippen molar-refractivity contribution in [2.45, 2.75) is 43.3 Å². The van der Waals surface area contributed by atoms with Crippen molar-refractivity contribution in [2.75, 3.05) is 52.4 Å². The summed E-state index contributed by atoms with van der Waals surface area (Å²) in [5, 5.41) is 24.6. The number of benzene rings is 3. The van der Waals surface area contributed by atoms with Gasteiger partial charge < -0.3 is 34.9 Å². The summed E-state index contributed by atoms with van der Waals surface area (Å²) in [6, 6.07) is 22.9. The first-order valence-corrected chi connectivity index (χ1v) is 17.6. The molecular weight excluding hydrogens is 636 g/mol. The molecule has 0 aliphatic carbocycles. The molecule has 1 aromatic heterocycles. The van der Waals surface area contributed by atoms with Crippen LogP contribution in [0.2, 0.25) is 0 Å². The van der Waals surface area contributed by atoms with Crippen LogP contribution in [-0.4, -0.2) is 95.4 Å². The maximum atomic E-state index is 13.7. The number of aromatic nitrogens is 1. The van der Waals surface area contributed by atoms with Gasteiger partial charge in [0.1, 0.15) is 23.0 Å². The van der Waals surface area contributed by atoms with Crippen LogP contribution in [-0.2, 0) is 14.9 Å². The van der Waals surface area contributed by atoms with E-state index in [9.17, 15) is 24.6 Å². The molecule has 4 fully saturated rings. The fourth-order valence-electron chi connectivity index (χ4n) is 7.55. The molecule has 1 amide bonds. The van der Waals surface area contributed by atoms with Crippen LogP contribution >= 0.6 is 0 Å². The molecule has 262 valence electrons. The van der Waals surface area contributed by atoms with Crippen molar-refractivity contribution in [1.29, 1.82) is 0 Å². The number of aliphatic hydroxyl groups excluding tert-OH is 1. The third-order valence-electron chi connectivity index (χ3n) is 10.5. The Morgan fingerprint density at radius 3 is 2.44 bits per heavy atom. The summed E-state index contributed by atoms with van der Waals surface area (Å²) in [4.78, 5) is 45.5. The molecule has 4 aliphatic heterocycles. The minimum Gasteiger partial charge on any atom is -0.506 e. The zero-order valence-electron chi connectivity index (χ0n) is 28.1. The molecule has 11 heteroatoms. The Labute approximate surface area is 290 Å². The van der Waals surface area contributed by atoms with Gasteiger partial charge in [-0.3, -0.25) is 19.3 Å². The summed E-state index contributed by atoms with van der Waals surface area (Å²) >= 11 is 0. The van der Waals surface area contributed by atoms with Gasteiger partial charge in [-0.25, -0.2) is 0 Å². The SMILES string of the molecule is O=C(c1ccc(OCCCCNCC(O)c2ccc(O)c3[nH]c(=O)ccc23)cc1)N1CC(C(=O)OC2CN3CCC2CC3)(c2ccccc2)C1. The molecule has 4 aromatic rings. The van der Waals surface area contributed by atoms with E-state index >= 15 is 0 Å². The summed E-state index contributed by atoms with van der Waals surface area (Å²) in [5.74, 6) is 0.695. The van der Waals surface area contributed by atoms with Crippen molar-refractivity contribution in [3.63, 3.8) is 0 Å². The summed E-state index contributed by atoms with van der Waals surface area (Å²) < 4.78 is 12.1. The van der Waals surface area contributed by atoms with Gasteiger partial charge in [-0.05, 0) is 98.8 Å². The van der Waals surface area contributed by atoms with Crippen LogP contribution in [0.25, 0.3) is 10.9 Å². The van der Waals surface area contributed by atoms with Crippen molar-refractivity contribution >= 4 is 22.8 Å². The average molecular weight is 681 g/mol. The molecule has 11 nitrogen and oxygen atoms in total. The predicted octanol–water partition coefficient (Wildman–Crippen LogP) is 3.75. The smallest absolute Gasteiger partial charge is 0.320 e. The van der Waals surface area contributed by atoms with Gasteiger partial charge >= 0.3 is 5.97 Å². The second-order valence-corrected chi connectivity index (χ2v) is 13.8. The summed E-state index contributed by atoms with van der Waals surface area (Å²) in [6.07, 6.45) is 2.85. The number of phenolic OH excluding ortho intramolecular Hbond substituents is 1.